The molecule has 0 radical (unpaired) electrons. The van der Waals surface area contributed by atoms with Gasteiger partial charge in [-0.15, -0.1) is 11.3 Å². The second kappa shape index (κ2) is 4.64. The maximum absolute atomic E-state index is 4.52. The third-order valence-electron chi connectivity index (χ3n) is 4.27. The lowest BCUT2D eigenvalue weighted by Crippen LogP contribution is -2.24. The molecule has 1 unspecified atom stereocenters. The lowest BCUT2D eigenvalue weighted by molar-refractivity contribution is 0.493. The molecule has 1 aliphatic carbocycles. The van der Waals surface area contributed by atoms with E-state index < -0.39 is 0 Å². The highest BCUT2D eigenvalue weighted by Crippen LogP contribution is 2.48. The molecule has 0 bridgehead atoms. The summed E-state index contributed by atoms with van der Waals surface area (Å²) >= 11 is 1.70. The molecule has 1 aromatic carbocycles. The van der Waals surface area contributed by atoms with Crippen LogP contribution in [-0.2, 0) is 0 Å². The smallest absolute Gasteiger partial charge is 0.0901 e. The number of benzene rings is 1. The van der Waals surface area contributed by atoms with Crippen LogP contribution in [0.15, 0.2) is 29.6 Å². The number of aromatic nitrogens is 1. The summed E-state index contributed by atoms with van der Waals surface area (Å²) in [4.78, 5) is 4.52. The van der Waals surface area contributed by atoms with E-state index in [2.05, 4.69) is 53.8 Å². The monoisotopic (exact) mass is 272 g/mol. The van der Waals surface area contributed by atoms with Gasteiger partial charge in [-0.2, -0.15) is 0 Å². The zero-order valence-corrected chi connectivity index (χ0v) is 12.6. The zero-order valence-electron chi connectivity index (χ0n) is 11.7. The minimum absolute atomic E-state index is 0.505. The highest BCUT2D eigenvalue weighted by molar-refractivity contribution is 7.09. The standard InChI is InChI=1S/C16H20N2S/c1-11(16(3)8-9-16)17-14-6-4-13(5-7-14)15-10-19-12(2)18-15/h4-7,10-11,17H,8-9H2,1-3H3. The molecule has 1 fully saturated rings. The van der Waals surface area contributed by atoms with Crippen LogP contribution in [0.2, 0.25) is 0 Å². The quantitative estimate of drug-likeness (QED) is 0.871. The highest BCUT2D eigenvalue weighted by atomic mass is 32.1. The van der Waals surface area contributed by atoms with Crippen molar-refractivity contribution in [3.8, 4) is 11.3 Å². The molecule has 1 N–H and O–H groups in total. The summed E-state index contributed by atoms with van der Waals surface area (Å²) < 4.78 is 0. The van der Waals surface area contributed by atoms with Crippen LogP contribution in [0.5, 0.6) is 0 Å². The maximum Gasteiger partial charge on any atom is 0.0901 e. The molecular weight excluding hydrogens is 252 g/mol. The lowest BCUT2D eigenvalue weighted by atomic mass is 10.0. The van der Waals surface area contributed by atoms with Crippen molar-refractivity contribution in [2.45, 2.75) is 39.7 Å². The Hall–Kier alpha value is -1.35. The van der Waals surface area contributed by atoms with Gasteiger partial charge >= 0.3 is 0 Å². The Balaban J connectivity index is 1.72. The second-order valence-corrected chi connectivity index (χ2v) is 6.91. The Labute approximate surface area is 118 Å². The van der Waals surface area contributed by atoms with Gasteiger partial charge in [-0.25, -0.2) is 4.98 Å². The number of rotatable bonds is 4. The third kappa shape index (κ3) is 2.66. The van der Waals surface area contributed by atoms with E-state index in [0.29, 0.717) is 11.5 Å². The second-order valence-electron chi connectivity index (χ2n) is 5.85. The van der Waals surface area contributed by atoms with Crippen LogP contribution in [-0.4, -0.2) is 11.0 Å². The van der Waals surface area contributed by atoms with E-state index in [1.165, 1.54) is 24.1 Å². The predicted octanol–water partition coefficient (Wildman–Crippen LogP) is 4.72. The van der Waals surface area contributed by atoms with Gasteiger partial charge in [-0.1, -0.05) is 19.1 Å². The number of hydrogen-bond donors (Lipinski definition) is 1. The third-order valence-corrected chi connectivity index (χ3v) is 5.04. The molecule has 19 heavy (non-hydrogen) atoms. The van der Waals surface area contributed by atoms with Crippen LogP contribution in [0.1, 0.15) is 31.7 Å². The van der Waals surface area contributed by atoms with E-state index in [9.17, 15) is 0 Å². The molecule has 0 saturated heterocycles. The SMILES string of the molecule is Cc1nc(-c2ccc(NC(C)C3(C)CC3)cc2)cs1. The first-order valence-electron chi connectivity index (χ1n) is 6.86. The van der Waals surface area contributed by atoms with Crippen molar-refractivity contribution in [2.75, 3.05) is 5.32 Å². The zero-order chi connectivity index (χ0) is 13.5. The van der Waals surface area contributed by atoms with Gasteiger partial charge in [0, 0.05) is 22.7 Å². The average Bonchev–Trinajstić information content (AvgIpc) is 3.01. The summed E-state index contributed by atoms with van der Waals surface area (Å²) in [6.07, 6.45) is 2.69. The Bertz CT molecular complexity index is 567. The number of anilines is 1. The maximum atomic E-state index is 4.52. The van der Waals surface area contributed by atoms with Crippen LogP contribution >= 0.6 is 11.3 Å². The molecule has 1 aliphatic rings. The van der Waals surface area contributed by atoms with E-state index >= 15 is 0 Å². The highest BCUT2D eigenvalue weighted by Gasteiger charge is 2.42. The molecule has 0 amide bonds. The van der Waals surface area contributed by atoms with E-state index in [1.54, 1.807) is 11.3 Å². The Kier molecular flexibility index (Phi) is 3.09. The summed E-state index contributed by atoms with van der Waals surface area (Å²) in [5.41, 5.74) is 3.98. The van der Waals surface area contributed by atoms with Crippen LogP contribution in [0, 0.1) is 12.3 Å². The normalized spacial score (nSPS) is 18.1. The summed E-state index contributed by atoms with van der Waals surface area (Å²) in [5.74, 6) is 0. The van der Waals surface area contributed by atoms with Crippen LogP contribution in [0.4, 0.5) is 5.69 Å². The van der Waals surface area contributed by atoms with Crippen molar-refractivity contribution >= 4 is 17.0 Å². The molecule has 1 saturated carbocycles. The van der Waals surface area contributed by atoms with Crippen molar-refractivity contribution < 1.29 is 0 Å². The first kappa shape index (κ1) is 12.7. The minimum Gasteiger partial charge on any atom is -0.382 e. The van der Waals surface area contributed by atoms with Gasteiger partial charge in [0.1, 0.15) is 0 Å². The van der Waals surface area contributed by atoms with Gasteiger partial charge in [0.05, 0.1) is 10.7 Å². The summed E-state index contributed by atoms with van der Waals surface area (Å²) in [6.45, 7) is 6.68. The Morgan fingerprint density at radius 3 is 2.47 bits per heavy atom. The summed E-state index contributed by atoms with van der Waals surface area (Å²) in [7, 11) is 0. The lowest BCUT2D eigenvalue weighted by Gasteiger charge is -2.21. The number of nitrogens with zero attached hydrogens (tertiary/aromatic N) is 1. The molecule has 0 spiro atoms. The van der Waals surface area contributed by atoms with Crippen LogP contribution in [0.3, 0.4) is 0 Å². The van der Waals surface area contributed by atoms with E-state index in [4.69, 9.17) is 0 Å². The van der Waals surface area contributed by atoms with E-state index in [-0.39, 0.29) is 0 Å². The molecule has 3 heteroatoms. The first-order valence-corrected chi connectivity index (χ1v) is 7.74. The topological polar surface area (TPSA) is 24.9 Å². The molecule has 100 valence electrons. The van der Waals surface area contributed by atoms with Gasteiger partial charge in [-0.05, 0) is 44.2 Å². The number of aryl methyl sites for hydroxylation is 1. The minimum atomic E-state index is 0.505. The van der Waals surface area contributed by atoms with Gasteiger partial charge in [0.15, 0.2) is 0 Å². The van der Waals surface area contributed by atoms with Gasteiger partial charge in [0.25, 0.3) is 0 Å². The Morgan fingerprint density at radius 2 is 1.95 bits per heavy atom. The van der Waals surface area contributed by atoms with E-state index in [0.717, 1.165) is 10.7 Å². The van der Waals surface area contributed by atoms with Crippen molar-refractivity contribution in [2.24, 2.45) is 5.41 Å². The number of nitrogens with one attached hydrogen (secondary N) is 1. The molecule has 1 atom stereocenters. The molecule has 1 heterocycles. The molecular formula is C16H20N2S. The number of hydrogen-bond acceptors (Lipinski definition) is 3. The molecule has 2 nitrogen and oxygen atoms in total. The summed E-state index contributed by atoms with van der Waals surface area (Å²) in [6, 6.07) is 9.16. The summed E-state index contributed by atoms with van der Waals surface area (Å²) in [5, 5.41) is 6.85. The molecule has 2 aromatic rings. The average molecular weight is 272 g/mol. The van der Waals surface area contributed by atoms with Crippen molar-refractivity contribution in [3.63, 3.8) is 0 Å². The fourth-order valence-corrected chi connectivity index (χ4v) is 2.91. The Morgan fingerprint density at radius 1 is 1.26 bits per heavy atom. The predicted molar refractivity (Wildman–Crippen MR) is 82.7 cm³/mol. The van der Waals surface area contributed by atoms with Gasteiger partial charge in [0.2, 0.25) is 0 Å². The van der Waals surface area contributed by atoms with Crippen molar-refractivity contribution in [3.05, 3.63) is 34.7 Å². The fourth-order valence-electron chi connectivity index (χ4n) is 2.29. The number of thiazole rings is 1. The van der Waals surface area contributed by atoms with Crippen molar-refractivity contribution in [1.29, 1.82) is 0 Å². The fraction of sp³-hybridized carbons (Fsp3) is 0.438. The molecule has 3 rings (SSSR count). The molecule has 0 aliphatic heterocycles. The van der Waals surface area contributed by atoms with E-state index in [1.807, 2.05) is 6.92 Å². The largest absolute Gasteiger partial charge is 0.382 e. The van der Waals surface area contributed by atoms with Crippen LogP contribution in [0.25, 0.3) is 11.3 Å². The molecule has 1 aromatic heterocycles. The van der Waals surface area contributed by atoms with Gasteiger partial charge in [-0.3, -0.25) is 0 Å². The first-order chi connectivity index (χ1) is 9.07. The van der Waals surface area contributed by atoms with Gasteiger partial charge < -0.3 is 5.32 Å². The van der Waals surface area contributed by atoms with Crippen LogP contribution < -0.4 is 5.32 Å². The van der Waals surface area contributed by atoms with Crippen molar-refractivity contribution in [1.82, 2.24) is 4.98 Å².